The average Bonchev–Trinajstić information content (AvgIpc) is 2.91. The number of esters is 1. The Labute approximate surface area is 123 Å². The molecule has 106 valence electrons. The summed E-state index contributed by atoms with van der Waals surface area (Å²) in [5.41, 5.74) is 2.31. The Morgan fingerprint density at radius 3 is 2.67 bits per heavy atom. The highest BCUT2D eigenvalue weighted by Gasteiger charge is 2.06. The van der Waals surface area contributed by atoms with Crippen LogP contribution in [0, 0.1) is 0 Å². The fourth-order valence-electron chi connectivity index (χ4n) is 2.35. The van der Waals surface area contributed by atoms with Crippen molar-refractivity contribution in [3.05, 3.63) is 66.4 Å². The lowest BCUT2D eigenvalue weighted by Crippen LogP contribution is -2.05. The van der Waals surface area contributed by atoms with Crippen molar-refractivity contribution in [3.63, 3.8) is 0 Å². The van der Waals surface area contributed by atoms with Crippen molar-refractivity contribution in [2.24, 2.45) is 0 Å². The summed E-state index contributed by atoms with van der Waals surface area (Å²) in [4.78, 5) is 11.4. The van der Waals surface area contributed by atoms with Crippen LogP contribution in [0.15, 0.2) is 60.8 Å². The first-order valence-corrected chi connectivity index (χ1v) is 7.10. The number of fused-ring (bicyclic) bond motifs is 1. The summed E-state index contributed by atoms with van der Waals surface area (Å²) in [7, 11) is 0. The number of benzene rings is 2. The summed E-state index contributed by atoms with van der Waals surface area (Å²) in [5, 5.41) is 1.14. The molecule has 0 atom stereocenters. The Bertz CT molecular complexity index is 759. The van der Waals surface area contributed by atoms with E-state index in [0.717, 1.165) is 17.4 Å². The standard InChI is InChI=1S/C18H17NO2/c1-2-18(20)21-16-9-8-15-10-11-19(17(15)12-16)13-14-6-4-3-5-7-14/h3-12H,2,13H2,1H3. The van der Waals surface area contributed by atoms with Gasteiger partial charge in [-0.05, 0) is 29.1 Å². The number of nitrogens with zero attached hydrogens (tertiary/aromatic N) is 1. The lowest BCUT2D eigenvalue weighted by atomic mass is 10.2. The highest BCUT2D eigenvalue weighted by molar-refractivity contribution is 5.83. The van der Waals surface area contributed by atoms with Gasteiger partial charge in [-0.2, -0.15) is 0 Å². The number of aromatic nitrogens is 1. The summed E-state index contributed by atoms with van der Waals surface area (Å²) in [6, 6.07) is 18.1. The van der Waals surface area contributed by atoms with E-state index in [1.807, 2.05) is 36.4 Å². The van der Waals surface area contributed by atoms with Gasteiger partial charge in [-0.25, -0.2) is 0 Å². The van der Waals surface area contributed by atoms with Crippen molar-refractivity contribution >= 4 is 16.9 Å². The second-order valence-electron chi connectivity index (χ2n) is 4.98. The lowest BCUT2D eigenvalue weighted by Gasteiger charge is -2.07. The third-order valence-electron chi connectivity index (χ3n) is 3.46. The maximum absolute atomic E-state index is 11.4. The molecule has 0 N–H and O–H groups in total. The smallest absolute Gasteiger partial charge is 0.310 e. The second kappa shape index (κ2) is 5.83. The molecule has 0 radical (unpaired) electrons. The molecule has 21 heavy (non-hydrogen) atoms. The number of carbonyl (C=O) groups is 1. The van der Waals surface area contributed by atoms with Crippen molar-refractivity contribution in [2.75, 3.05) is 0 Å². The molecule has 3 heteroatoms. The fraction of sp³-hybridized carbons (Fsp3) is 0.167. The van der Waals surface area contributed by atoms with Gasteiger partial charge in [0.15, 0.2) is 0 Å². The molecule has 1 heterocycles. The number of rotatable bonds is 4. The van der Waals surface area contributed by atoms with Gasteiger partial charge in [0, 0.05) is 25.2 Å². The van der Waals surface area contributed by atoms with Crippen LogP contribution in [0.4, 0.5) is 0 Å². The number of hydrogen-bond donors (Lipinski definition) is 0. The zero-order chi connectivity index (χ0) is 14.7. The zero-order valence-electron chi connectivity index (χ0n) is 12.0. The monoisotopic (exact) mass is 279 g/mol. The second-order valence-corrected chi connectivity index (χ2v) is 4.98. The van der Waals surface area contributed by atoms with Gasteiger partial charge in [0.2, 0.25) is 0 Å². The van der Waals surface area contributed by atoms with Gasteiger partial charge in [-0.3, -0.25) is 4.79 Å². The van der Waals surface area contributed by atoms with Gasteiger partial charge in [0.1, 0.15) is 5.75 Å². The van der Waals surface area contributed by atoms with E-state index in [2.05, 4.69) is 29.0 Å². The number of hydrogen-bond acceptors (Lipinski definition) is 2. The van der Waals surface area contributed by atoms with E-state index >= 15 is 0 Å². The molecule has 0 spiro atoms. The summed E-state index contributed by atoms with van der Waals surface area (Å²) < 4.78 is 7.45. The van der Waals surface area contributed by atoms with Crippen molar-refractivity contribution < 1.29 is 9.53 Å². The first-order chi connectivity index (χ1) is 10.3. The fourth-order valence-corrected chi connectivity index (χ4v) is 2.35. The molecule has 3 nitrogen and oxygen atoms in total. The van der Waals surface area contributed by atoms with Crippen LogP contribution in [0.5, 0.6) is 5.75 Å². The molecule has 2 aromatic carbocycles. The Balaban J connectivity index is 1.92. The van der Waals surface area contributed by atoms with Crippen molar-refractivity contribution in [3.8, 4) is 5.75 Å². The summed E-state index contributed by atoms with van der Waals surface area (Å²) in [5.74, 6) is 0.387. The van der Waals surface area contributed by atoms with E-state index in [4.69, 9.17) is 4.74 Å². The van der Waals surface area contributed by atoms with Crippen LogP contribution in [0.25, 0.3) is 10.9 Å². The lowest BCUT2D eigenvalue weighted by molar-refractivity contribution is -0.134. The van der Waals surface area contributed by atoms with Crippen LogP contribution in [-0.2, 0) is 11.3 Å². The first-order valence-electron chi connectivity index (χ1n) is 7.10. The minimum atomic E-state index is -0.212. The molecule has 3 rings (SSSR count). The molecular formula is C18H17NO2. The molecule has 0 amide bonds. The Morgan fingerprint density at radius 1 is 1.10 bits per heavy atom. The van der Waals surface area contributed by atoms with E-state index in [0.29, 0.717) is 12.2 Å². The summed E-state index contributed by atoms with van der Waals surface area (Å²) in [6.45, 7) is 2.59. The van der Waals surface area contributed by atoms with Crippen LogP contribution in [0.3, 0.4) is 0 Å². The highest BCUT2D eigenvalue weighted by atomic mass is 16.5. The normalized spacial score (nSPS) is 10.7. The van der Waals surface area contributed by atoms with Crippen LogP contribution in [0.2, 0.25) is 0 Å². The highest BCUT2D eigenvalue weighted by Crippen LogP contribution is 2.23. The maximum Gasteiger partial charge on any atom is 0.310 e. The largest absolute Gasteiger partial charge is 0.426 e. The van der Waals surface area contributed by atoms with Gasteiger partial charge in [-0.15, -0.1) is 0 Å². The maximum atomic E-state index is 11.4. The van der Waals surface area contributed by atoms with E-state index in [1.54, 1.807) is 6.92 Å². The van der Waals surface area contributed by atoms with Gasteiger partial charge < -0.3 is 9.30 Å². The molecule has 0 saturated heterocycles. The van der Waals surface area contributed by atoms with Crippen LogP contribution >= 0.6 is 0 Å². The molecule has 0 aliphatic carbocycles. The minimum absolute atomic E-state index is 0.212. The van der Waals surface area contributed by atoms with Crippen LogP contribution < -0.4 is 4.74 Å². The van der Waals surface area contributed by atoms with E-state index in [9.17, 15) is 4.79 Å². The molecule has 0 aliphatic heterocycles. The number of ether oxygens (including phenoxy) is 1. The average molecular weight is 279 g/mol. The Hall–Kier alpha value is -2.55. The third-order valence-corrected chi connectivity index (χ3v) is 3.46. The predicted molar refractivity (Wildman–Crippen MR) is 83.4 cm³/mol. The Kier molecular flexibility index (Phi) is 3.73. The number of carbonyl (C=O) groups excluding carboxylic acids is 1. The minimum Gasteiger partial charge on any atom is -0.426 e. The molecule has 3 aromatic rings. The van der Waals surface area contributed by atoms with Crippen molar-refractivity contribution in [2.45, 2.75) is 19.9 Å². The van der Waals surface area contributed by atoms with E-state index < -0.39 is 0 Å². The zero-order valence-corrected chi connectivity index (χ0v) is 12.0. The molecule has 0 bridgehead atoms. The van der Waals surface area contributed by atoms with Gasteiger partial charge in [-0.1, -0.05) is 37.3 Å². The molecular weight excluding hydrogens is 262 g/mol. The van der Waals surface area contributed by atoms with E-state index in [-0.39, 0.29) is 5.97 Å². The Morgan fingerprint density at radius 2 is 1.90 bits per heavy atom. The quantitative estimate of drug-likeness (QED) is 0.534. The van der Waals surface area contributed by atoms with Gasteiger partial charge in [0.05, 0.1) is 5.52 Å². The SMILES string of the molecule is CCC(=O)Oc1ccc2ccn(Cc3ccccc3)c2c1. The van der Waals surface area contributed by atoms with Gasteiger partial charge >= 0.3 is 5.97 Å². The predicted octanol–water partition coefficient (Wildman–Crippen LogP) is 4.01. The van der Waals surface area contributed by atoms with Crippen LogP contribution in [-0.4, -0.2) is 10.5 Å². The molecule has 0 aliphatic rings. The van der Waals surface area contributed by atoms with Crippen molar-refractivity contribution in [1.29, 1.82) is 0 Å². The third kappa shape index (κ3) is 2.97. The van der Waals surface area contributed by atoms with Gasteiger partial charge in [0.25, 0.3) is 0 Å². The molecule has 0 saturated carbocycles. The molecule has 0 unspecified atom stereocenters. The van der Waals surface area contributed by atoms with E-state index in [1.165, 1.54) is 5.56 Å². The van der Waals surface area contributed by atoms with Crippen molar-refractivity contribution in [1.82, 2.24) is 4.57 Å². The molecule has 1 aromatic heterocycles. The first kappa shape index (κ1) is 13.4. The summed E-state index contributed by atoms with van der Waals surface area (Å²) in [6.07, 6.45) is 2.44. The summed E-state index contributed by atoms with van der Waals surface area (Å²) >= 11 is 0. The molecule has 0 fully saturated rings. The van der Waals surface area contributed by atoms with Crippen LogP contribution in [0.1, 0.15) is 18.9 Å². The topological polar surface area (TPSA) is 31.2 Å².